The molecule has 156 valence electrons. The molecular weight excluding hydrogens is 442 g/mol. The molecule has 30 heavy (non-hydrogen) atoms. The molecule has 0 aliphatic heterocycles. The molecule has 1 aromatic heterocycles. The second kappa shape index (κ2) is 9.33. The summed E-state index contributed by atoms with van der Waals surface area (Å²) in [5.74, 6) is -0.729. The highest BCUT2D eigenvalue weighted by Gasteiger charge is 2.17. The lowest BCUT2D eigenvalue weighted by molar-refractivity contribution is -0.115. The highest BCUT2D eigenvalue weighted by Crippen LogP contribution is 2.27. The third kappa shape index (κ3) is 5.62. The molecule has 0 bridgehead atoms. The largest absolute Gasteiger partial charge is 0.366 e. The van der Waals surface area contributed by atoms with E-state index in [0.717, 1.165) is 16.2 Å². The zero-order valence-electron chi connectivity index (χ0n) is 15.9. The summed E-state index contributed by atoms with van der Waals surface area (Å²) >= 11 is 2.49. The van der Waals surface area contributed by atoms with Gasteiger partial charge in [-0.1, -0.05) is 6.07 Å². The minimum Gasteiger partial charge on any atom is -0.366 e. The molecule has 1 unspecified atom stereocenters. The number of sulfonamides is 1. The number of hydrogen-bond donors (Lipinski definition) is 3. The zero-order valence-corrected chi connectivity index (χ0v) is 18.3. The Hall–Kier alpha value is -2.82. The van der Waals surface area contributed by atoms with Crippen molar-refractivity contribution >= 4 is 56.3 Å². The van der Waals surface area contributed by atoms with E-state index in [1.54, 1.807) is 73.0 Å². The summed E-state index contributed by atoms with van der Waals surface area (Å²) in [7, 11) is -3.59. The van der Waals surface area contributed by atoms with Crippen LogP contribution >= 0.6 is 23.1 Å². The van der Waals surface area contributed by atoms with E-state index in [-0.39, 0.29) is 10.1 Å². The van der Waals surface area contributed by atoms with E-state index in [9.17, 15) is 18.0 Å². The van der Waals surface area contributed by atoms with Crippen molar-refractivity contribution < 1.29 is 18.0 Å². The van der Waals surface area contributed by atoms with Crippen molar-refractivity contribution in [2.24, 2.45) is 5.73 Å². The van der Waals surface area contributed by atoms with E-state index in [0.29, 0.717) is 16.9 Å². The molecule has 10 heteroatoms. The van der Waals surface area contributed by atoms with Crippen molar-refractivity contribution in [1.29, 1.82) is 0 Å². The molecule has 0 fully saturated rings. The number of nitrogens with two attached hydrogens (primary N) is 1. The molecule has 4 N–H and O–H groups in total. The molecule has 3 aromatic rings. The zero-order chi connectivity index (χ0) is 21.7. The lowest BCUT2D eigenvalue weighted by Gasteiger charge is -2.13. The van der Waals surface area contributed by atoms with Gasteiger partial charge >= 0.3 is 0 Å². The first-order chi connectivity index (χ1) is 14.2. The van der Waals surface area contributed by atoms with E-state index < -0.39 is 21.2 Å². The van der Waals surface area contributed by atoms with Crippen LogP contribution in [0.15, 0.2) is 75.1 Å². The average Bonchev–Trinajstić information content (AvgIpc) is 3.25. The number of primary amides is 1. The van der Waals surface area contributed by atoms with Crippen molar-refractivity contribution in [2.45, 2.75) is 21.3 Å². The summed E-state index contributed by atoms with van der Waals surface area (Å²) in [5.41, 5.74) is 6.58. The topological polar surface area (TPSA) is 118 Å². The van der Waals surface area contributed by atoms with Gasteiger partial charge in [-0.2, -0.15) is 0 Å². The number of carbonyl (C=O) groups excluding carboxylic acids is 2. The van der Waals surface area contributed by atoms with Crippen LogP contribution in [0.2, 0.25) is 0 Å². The van der Waals surface area contributed by atoms with Gasteiger partial charge in [0, 0.05) is 21.8 Å². The van der Waals surface area contributed by atoms with Crippen LogP contribution < -0.4 is 15.8 Å². The van der Waals surface area contributed by atoms with Crippen molar-refractivity contribution in [3.8, 4) is 0 Å². The quantitative estimate of drug-likeness (QED) is 0.441. The van der Waals surface area contributed by atoms with Gasteiger partial charge in [0.2, 0.25) is 11.8 Å². The summed E-state index contributed by atoms with van der Waals surface area (Å²) < 4.78 is 27.3. The Labute approximate surface area is 182 Å². The Balaban J connectivity index is 1.58. The Morgan fingerprint density at radius 3 is 2.20 bits per heavy atom. The molecule has 0 saturated heterocycles. The van der Waals surface area contributed by atoms with Crippen molar-refractivity contribution in [1.82, 2.24) is 0 Å². The Kier molecular flexibility index (Phi) is 6.80. The molecule has 0 aliphatic rings. The molecule has 1 heterocycles. The second-order valence-electron chi connectivity index (χ2n) is 6.25. The average molecular weight is 462 g/mol. The third-order valence-corrected chi connectivity index (χ3v) is 7.88. The molecule has 2 aromatic carbocycles. The van der Waals surface area contributed by atoms with Crippen LogP contribution in [0.4, 0.5) is 11.4 Å². The van der Waals surface area contributed by atoms with Crippen LogP contribution in [-0.4, -0.2) is 25.5 Å². The molecule has 3 rings (SSSR count). The molecule has 2 amide bonds. The first-order valence-corrected chi connectivity index (χ1v) is 12.0. The lowest BCUT2D eigenvalue weighted by atomic mass is 10.2. The van der Waals surface area contributed by atoms with Gasteiger partial charge in [-0.15, -0.1) is 23.1 Å². The SMILES string of the molecule is CC(Sc1ccc(NS(=O)(=O)c2cccs2)cc1)C(=O)Nc1ccc(C(N)=O)cc1. The first kappa shape index (κ1) is 21.9. The lowest BCUT2D eigenvalue weighted by Crippen LogP contribution is -2.22. The van der Waals surface area contributed by atoms with Gasteiger partial charge in [0.25, 0.3) is 10.0 Å². The minimum absolute atomic E-state index is 0.200. The van der Waals surface area contributed by atoms with Crippen LogP contribution in [0.25, 0.3) is 0 Å². The standard InChI is InChI=1S/C20H19N3O4S3/c1-13(20(25)22-15-6-4-14(5-7-15)19(21)24)29-17-10-8-16(9-11-17)23-30(26,27)18-3-2-12-28-18/h2-13,23H,1H3,(H2,21,24)(H,22,25). The fourth-order valence-corrected chi connectivity index (χ4v) is 5.36. The van der Waals surface area contributed by atoms with E-state index in [2.05, 4.69) is 10.0 Å². The number of anilines is 2. The third-order valence-electron chi connectivity index (χ3n) is 3.99. The molecule has 0 spiro atoms. The van der Waals surface area contributed by atoms with Gasteiger partial charge in [0.05, 0.1) is 5.25 Å². The van der Waals surface area contributed by atoms with E-state index >= 15 is 0 Å². The van der Waals surface area contributed by atoms with Crippen molar-refractivity contribution in [3.05, 3.63) is 71.6 Å². The van der Waals surface area contributed by atoms with Gasteiger partial charge in [0.1, 0.15) is 4.21 Å². The summed E-state index contributed by atoms with van der Waals surface area (Å²) in [6, 6.07) is 16.4. The molecular formula is C20H19N3O4S3. The van der Waals surface area contributed by atoms with Gasteiger partial charge in [-0.25, -0.2) is 8.42 Å². The summed E-state index contributed by atoms with van der Waals surface area (Å²) in [4.78, 5) is 24.3. The predicted molar refractivity (Wildman–Crippen MR) is 120 cm³/mol. The molecule has 1 atom stereocenters. The molecule has 0 saturated carbocycles. The summed E-state index contributed by atoms with van der Waals surface area (Å²) in [6.07, 6.45) is 0. The molecule has 0 aliphatic carbocycles. The monoisotopic (exact) mass is 461 g/mol. The number of hydrogen-bond acceptors (Lipinski definition) is 6. The van der Waals surface area contributed by atoms with Crippen LogP contribution in [0.3, 0.4) is 0 Å². The fraction of sp³-hybridized carbons (Fsp3) is 0.100. The number of benzene rings is 2. The second-order valence-corrected chi connectivity index (χ2v) is 10.5. The minimum atomic E-state index is -3.59. The maximum atomic E-state index is 12.4. The van der Waals surface area contributed by atoms with Crippen LogP contribution in [0.5, 0.6) is 0 Å². The van der Waals surface area contributed by atoms with Crippen LogP contribution in [-0.2, 0) is 14.8 Å². The predicted octanol–water partition coefficient (Wildman–Crippen LogP) is 3.77. The van der Waals surface area contributed by atoms with Crippen LogP contribution in [0, 0.1) is 0 Å². The van der Waals surface area contributed by atoms with Crippen LogP contribution in [0.1, 0.15) is 17.3 Å². The van der Waals surface area contributed by atoms with Gasteiger partial charge < -0.3 is 11.1 Å². The Bertz CT molecular complexity index is 1130. The summed E-state index contributed by atoms with van der Waals surface area (Å²) in [5, 5.41) is 4.09. The Morgan fingerprint density at radius 2 is 1.63 bits per heavy atom. The van der Waals surface area contributed by atoms with Crippen molar-refractivity contribution in [2.75, 3.05) is 10.0 Å². The summed E-state index contributed by atoms with van der Waals surface area (Å²) in [6.45, 7) is 1.77. The number of thioether (sulfide) groups is 1. The Morgan fingerprint density at radius 1 is 1.00 bits per heavy atom. The number of rotatable bonds is 8. The van der Waals surface area contributed by atoms with Crippen molar-refractivity contribution in [3.63, 3.8) is 0 Å². The van der Waals surface area contributed by atoms with E-state index in [4.69, 9.17) is 5.73 Å². The number of amides is 2. The van der Waals surface area contributed by atoms with E-state index in [1.165, 1.54) is 11.8 Å². The highest BCUT2D eigenvalue weighted by molar-refractivity contribution is 8.00. The normalized spacial score (nSPS) is 12.2. The molecule has 7 nitrogen and oxygen atoms in total. The smallest absolute Gasteiger partial charge is 0.271 e. The van der Waals surface area contributed by atoms with Gasteiger partial charge in [-0.05, 0) is 66.9 Å². The fourth-order valence-electron chi connectivity index (χ4n) is 2.44. The number of thiophene rings is 1. The number of carbonyl (C=O) groups is 2. The maximum Gasteiger partial charge on any atom is 0.271 e. The van der Waals surface area contributed by atoms with Gasteiger partial charge in [-0.3, -0.25) is 14.3 Å². The first-order valence-electron chi connectivity index (χ1n) is 8.78. The maximum absolute atomic E-state index is 12.4. The van der Waals surface area contributed by atoms with Gasteiger partial charge in [0.15, 0.2) is 0 Å². The van der Waals surface area contributed by atoms with E-state index in [1.807, 2.05) is 0 Å². The number of nitrogens with one attached hydrogen (secondary N) is 2. The highest BCUT2D eigenvalue weighted by atomic mass is 32.2. The molecule has 0 radical (unpaired) electrons.